The van der Waals surface area contributed by atoms with Crippen molar-refractivity contribution in [3.05, 3.63) is 95.8 Å². The van der Waals surface area contributed by atoms with Crippen LogP contribution in [0.1, 0.15) is 17.0 Å². The molecule has 0 saturated heterocycles. The Hall–Kier alpha value is -3.93. The average Bonchev–Trinajstić information content (AvgIpc) is 3.16. The molecule has 0 amide bonds. The molecule has 6 nitrogen and oxygen atoms in total. The highest BCUT2D eigenvalue weighted by Crippen LogP contribution is 2.25. The number of ether oxygens (including phenoxy) is 1. The van der Waals surface area contributed by atoms with E-state index in [4.69, 9.17) is 15.5 Å². The number of nitrogen functional groups attached to an aromatic ring is 1. The molecule has 0 atom stereocenters. The molecule has 0 unspecified atom stereocenters. The molecule has 29 heavy (non-hydrogen) atoms. The van der Waals surface area contributed by atoms with E-state index >= 15 is 0 Å². The maximum atomic E-state index is 6.10. The number of aromatic nitrogens is 4. The van der Waals surface area contributed by atoms with Gasteiger partial charge in [0.05, 0.1) is 5.52 Å². The third-order valence-electron chi connectivity index (χ3n) is 4.82. The van der Waals surface area contributed by atoms with Gasteiger partial charge in [0.15, 0.2) is 5.65 Å². The van der Waals surface area contributed by atoms with Gasteiger partial charge in [-0.1, -0.05) is 60.7 Å². The van der Waals surface area contributed by atoms with Gasteiger partial charge in [-0.15, -0.1) is 5.10 Å². The third kappa shape index (κ3) is 3.36. The lowest BCUT2D eigenvalue weighted by molar-refractivity contribution is 0.303. The van der Waals surface area contributed by atoms with E-state index in [1.54, 1.807) is 4.52 Å². The van der Waals surface area contributed by atoms with Crippen molar-refractivity contribution in [3.63, 3.8) is 0 Å². The Bertz CT molecular complexity index is 1300. The molecule has 2 N–H and O–H groups in total. The Morgan fingerprint density at radius 3 is 2.48 bits per heavy atom. The molecule has 2 aromatic heterocycles. The van der Waals surface area contributed by atoms with Crippen LogP contribution >= 0.6 is 0 Å². The lowest BCUT2D eigenvalue weighted by Gasteiger charge is -2.12. The lowest BCUT2D eigenvalue weighted by atomic mass is 10.1. The van der Waals surface area contributed by atoms with Gasteiger partial charge in [-0.05, 0) is 23.8 Å². The quantitative estimate of drug-likeness (QED) is 0.497. The Morgan fingerprint density at radius 2 is 1.59 bits per heavy atom. The highest BCUT2D eigenvalue weighted by molar-refractivity contribution is 5.91. The summed E-state index contributed by atoms with van der Waals surface area (Å²) in [6.07, 6.45) is 0.551. The van der Waals surface area contributed by atoms with Crippen LogP contribution in [0.4, 0.5) is 5.95 Å². The molecule has 142 valence electrons. The number of rotatable bonds is 5. The summed E-state index contributed by atoms with van der Waals surface area (Å²) in [5, 5.41) is 5.29. The van der Waals surface area contributed by atoms with Crippen molar-refractivity contribution >= 4 is 22.5 Å². The summed E-state index contributed by atoms with van der Waals surface area (Å²) >= 11 is 0. The van der Waals surface area contributed by atoms with Crippen molar-refractivity contribution in [3.8, 4) is 5.75 Å². The Labute approximate surface area is 167 Å². The third-order valence-corrected chi connectivity index (χ3v) is 4.82. The summed E-state index contributed by atoms with van der Waals surface area (Å²) in [5.74, 6) is 1.82. The zero-order chi connectivity index (χ0) is 19.6. The van der Waals surface area contributed by atoms with Gasteiger partial charge in [0.2, 0.25) is 5.95 Å². The predicted octanol–water partition coefficient (Wildman–Crippen LogP) is 4.03. The van der Waals surface area contributed by atoms with Crippen molar-refractivity contribution in [2.45, 2.75) is 13.0 Å². The van der Waals surface area contributed by atoms with Crippen molar-refractivity contribution in [1.29, 1.82) is 0 Å². The normalized spacial score (nSPS) is 11.2. The first-order valence-corrected chi connectivity index (χ1v) is 9.42. The monoisotopic (exact) mass is 381 g/mol. The molecule has 0 spiro atoms. The van der Waals surface area contributed by atoms with Crippen molar-refractivity contribution < 1.29 is 4.74 Å². The number of fused-ring (bicyclic) bond motifs is 3. The Balaban J connectivity index is 1.52. The molecule has 3 aromatic carbocycles. The average molecular weight is 381 g/mol. The summed E-state index contributed by atoms with van der Waals surface area (Å²) in [4.78, 5) is 9.22. The molecule has 0 aliphatic carbocycles. The van der Waals surface area contributed by atoms with Crippen LogP contribution in [0.15, 0.2) is 78.9 Å². The van der Waals surface area contributed by atoms with E-state index in [0.29, 0.717) is 18.7 Å². The predicted molar refractivity (Wildman–Crippen MR) is 113 cm³/mol. The summed E-state index contributed by atoms with van der Waals surface area (Å²) < 4.78 is 7.83. The smallest absolute Gasteiger partial charge is 0.240 e. The minimum absolute atomic E-state index is 0.234. The van der Waals surface area contributed by atoms with Crippen LogP contribution in [0.25, 0.3) is 16.6 Å². The first kappa shape index (κ1) is 17.2. The zero-order valence-corrected chi connectivity index (χ0v) is 15.7. The minimum atomic E-state index is 0.234. The van der Waals surface area contributed by atoms with Gasteiger partial charge in [0, 0.05) is 17.4 Å². The van der Waals surface area contributed by atoms with Gasteiger partial charge < -0.3 is 10.5 Å². The number of nitrogens with two attached hydrogens (primary N) is 1. The molecule has 0 aliphatic heterocycles. The molecular formula is C23H19N5O. The van der Waals surface area contributed by atoms with Gasteiger partial charge >= 0.3 is 0 Å². The number of anilines is 1. The molecule has 0 saturated carbocycles. The van der Waals surface area contributed by atoms with Gasteiger partial charge in [0.1, 0.15) is 18.2 Å². The highest BCUT2D eigenvalue weighted by Gasteiger charge is 2.14. The fourth-order valence-electron chi connectivity index (χ4n) is 3.44. The fourth-order valence-corrected chi connectivity index (χ4v) is 3.44. The van der Waals surface area contributed by atoms with E-state index in [2.05, 4.69) is 22.2 Å². The molecule has 0 fully saturated rings. The van der Waals surface area contributed by atoms with E-state index in [0.717, 1.165) is 33.6 Å². The minimum Gasteiger partial charge on any atom is -0.489 e. The fraction of sp³-hybridized carbons (Fsp3) is 0.0870. The largest absolute Gasteiger partial charge is 0.489 e. The second-order valence-corrected chi connectivity index (χ2v) is 6.81. The second kappa shape index (κ2) is 7.24. The lowest BCUT2D eigenvalue weighted by Crippen LogP contribution is -2.06. The number of hydrogen-bond donors (Lipinski definition) is 1. The molecule has 0 aliphatic rings. The topological polar surface area (TPSA) is 78.3 Å². The van der Waals surface area contributed by atoms with Crippen LogP contribution in [0.3, 0.4) is 0 Å². The molecule has 5 rings (SSSR count). The molecular weight excluding hydrogens is 362 g/mol. The van der Waals surface area contributed by atoms with E-state index in [1.807, 2.05) is 66.7 Å². The van der Waals surface area contributed by atoms with E-state index in [9.17, 15) is 0 Å². The van der Waals surface area contributed by atoms with Crippen molar-refractivity contribution in [1.82, 2.24) is 19.6 Å². The van der Waals surface area contributed by atoms with Gasteiger partial charge in [-0.2, -0.15) is 9.50 Å². The van der Waals surface area contributed by atoms with E-state index in [-0.39, 0.29) is 5.95 Å². The second-order valence-electron chi connectivity index (χ2n) is 6.81. The van der Waals surface area contributed by atoms with E-state index < -0.39 is 0 Å². The first-order chi connectivity index (χ1) is 14.3. The molecule has 6 heteroatoms. The summed E-state index contributed by atoms with van der Waals surface area (Å²) in [6.45, 7) is 0.509. The van der Waals surface area contributed by atoms with Gasteiger partial charge in [-0.25, -0.2) is 4.98 Å². The van der Waals surface area contributed by atoms with E-state index in [1.165, 1.54) is 0 Å². The summed E-state index contributed by atoms with van der Waals surface area (Å²) in [7, 11) is 0. The standard InChI is InChI=1S/C23H19N5O/c24-23-26-22-18-11-5-6-12-19(18)25-21(28(22)27-23)14-17-10-4-7-13-20(17)29-15-16-8-2-1-3-9-16/h1-13H,14-15H2,(H2,24,27). The number of nitrogens with zero attached hydrogens (tertiary/aromatic N) is 4. The van der Waals surface area contributed by atoms with Gasteiger partial charge in [0.25, 0.3) is 0 Å². The van der Waals surface area contributed by atoms with Crippen LogP contribution in [-0.4, -0.2) is 19.6 Å². The van der Waals surface area contributed by atoms with Crippen molar-refractivity contribution in [2.75, 3.05) is 5.73 Å². The Kier molecular flexibility index (Phi) is 4.29. The number of benzene rings is 3. The van der Waals surface area contributed by atoms with Crippen molar-refractivity contribution in [2.24, 2.45) is 0 Å². The van der Waals surface area contributed by atoms with Crippen LogP contribution < -0.4 is 10.5 Å². The van der Waals surface area contributed by atoms with Crippen LogP contribution in [0.5, 0.6) is 5.75 Å². The van der Waals surface area contributed by atoms with Gasteiger partial charge in [-0.3, -0.25) is 0 Å². The zero-order valence-electron chi connectivity index (χ0n) is 15.7. The maximum Gasteiger partial charge on any atom is 0.240 e. The number of hydrogen-bond acceptors (Lipinski definition) is 5. The Morgan fingerprint density at radius 1 is 0.828 bits per heavy atom. The summed E-state index contributed by atoms with van der Waals surface area (Å²) in [6, 6.07) is 26.0. The maximum absolute atomic E-state index is 6.10. The number of para-hydroxylation sites is 2. The van der Waals surface area contributed by atoms with Crippen LogP contribution in [-0.2, 0) is 13.0 Å². The molecule has 2 heterocycles. The summed E-state index contributed by atoms with van der Waals surface area (Å²) in [5.41, 5.74) is 9.62. The highest BCUT2D eigenvalue weighted by atomic mass is 16.5. The SMILES string of the molecule is Nc1nc2c3ccccc3nc(Cc3ccccc3OCc3ccccc3)n2n1. The molecule has 5 aromatic rings. The van der Waals surface area contributed by atoms with Crippen LogP contribution in [0.2, 0.25) is 0 Å². The van der Waals surface area contributed by atoms with Crippen LogP contribution in [0, 0.1) is 0 Å². The first-order valence-electron chi connectivity index (χ1n) is 9.42. The molecule has 0 radical (unpaired) electrons. The molecule has 0 bridgehead atoms.